The molecule has 0 aliphatic rings. The third-order valence-electron chi connectivity index (χ3n) is 4.44. The van der Waals surface area contributed by atoms with Crippen LogP contribution in [0.3, 0.4) is 0 Å². The van der Waals surface area contributed by atoms with E-state index in [2.05, 4.69) is 16.0 Å². The first-order chi connectivity index (χ1) is 14.8. The minimum absolute atomic E-state index is 0.0280. The molecule has 0 saturated carbocycles. The van der Waals surface area contributed by atoms with Crippen LogP contribution < -0.4 is 16.0 Å². The van der Waals surface area contributed by atoms with Crippen molar-refractivity contribution >= 4 is 28.9 Å². The Labute approximate surface area is 176 Å². The smallest absolute Gasteiger partial charge is 0.418 e. The molecule has 0 fully saturated rings. The van der Waals surface area contributed by atoms with Crippen LogP contribution in [-0.4, -0.2) is 18.4 Å². The van der Waals surface area contributed by atoms with Gasteiger partial charge in [-0.1, -0.05) is 25.1 Å². The van der Waals surface area contributed by atoms with Gasteiger partial charge in [0.1, 0.15) is 0 Å². The van der Waals surface area contributed by atoms with Gasteiger partial charge < -0.3 is 20.4 Å². The topological polar surface area (TPSA) is 83.4 Å². The number of alkyl halides is 3. The van der Waals surface area contributed by atoms with Gasteiger partial charge in [-0.05, 0) is 48.4 Å². The molecule has 0 aliphatic heterocycles. The predicted octanol–water partition coefficient (Wildman–Crippen LogP) is 5.16. The molecule has 0 spiro atoms. The summed E-state index contributed by atoms with van der Waals surface area (Å²) in [6.45, 7) is 1.57. The van der Waals surface area contributed by atoms with Crippen LogP contribution in [-0.2, 0) is 17.4 Å². The monoisotopic (exact) mass is 431 g/mol. The lowest BCUT2D eigenvalue weighted by Crippen LogP contribution is -2.23. The minimum atomic E-state index is -4.70. The lowest BCUT2D eigenvalue weighted by molar-refractivity contribution is -0.137. The second-order valence-corrected chi connectivity index (χ2v) is 6.60. The van der Waals surface area contributed by atoms with Crippen molar-refractivity contribution in [1.29, 1.82) is 0 Å². The van der Waals surface area contributed by atoms with Crippen molar-refractivity contribution in [3.8, 4) is 0 Å². The Balaban J connectivity index is 1.71. The summed E-state index contributed by atoms with van der Waals surface area (Å²) in [4.78, 5) is 24.2. The fourth-order valence-electron chi connectivity index (χ4n) is 2.93. The molecular formula is C22H20F3N3O3. The first-order valence-corrected chi connectivity index (χ1v) is 9.45. The average molecular weight is 431 g/mol. The molecule has 31 heavy (non-hydrogen) atoms. The number of carbonyl (C=O) groups is 2. The van der Waals surface area contributed by atoms with Crippen molar-refractivity contribution in [1.82, 2.24) is 0 Å². The maximum Gasteiger partial charge on any atom is 0.418 e. The van der Waals surface area contributed by atoms with Crippen molar-refractivity contribution in [2.45, 2.75) is 19.5 Å². The Hall–Kier alpha value is -3.75. The summed E-state index contributed by atoms with van der Waals surface area (Å²) < 4.78 is 45.5. The van der Waals surface area contributed by atoms with E-state index in [9.17, 15) is 22.8 Å². The molecule has 9 heteroatoms. The number of furan rings is 1. The molecule has 2 aromatic carbocycles. The number of hydrogen-bond donors (Lipinski definition) is 3. The Morgan fingerprint density at radius 1 is 0.968 bits per heavy atom. The maximum atomic E-state index is 13.5. The molecule has 1 aromatic heterocycles. The summed E-state index contributed by atoms with van der Waals surface area (Å²) in [6.07, 6.45) is -2.71. The highest BCUT2D eigenvalue weighted by molar-refractivity contribution is 6.02. The van der Waals surface area contributed by atoms with E-state index in [0.717, 1.165) is 17.7 Å². The molecule has 0 radical (unpaired) electrons. The largest absolute Gasteiger partial charge is 0.459 e. The molecule has 2 amide bonds. The molecule has 0 bridgehead atoms. The molecule has 0 unspecified atom stereocenters. The van der Waals surface area contributed by atoms with Crippen LogP contribution in [0, 0.1) is 0 Å². The Kier molecular flexibility index (Phi) is 6.64. The molecule has 3 aromatic rings. The van der Waals surface area contributed by atoms with E-state index in [1.165, 1.54) is 24.5 Å². The Morgan fingerprint density at radius 3 is 2.42 bits per heavy atom. The Morgan fingerprint density at radius 2 is 1.74 bits per heavy atom. The number of aryl methyl sites for hydroxylation is 1. The SMILES string of the molecule is CCc1ccccc1NC(=O)CNc1ccc(NC(=O)c2ccco2)cc1C(F)(F)F. The van der Waals surface area contributed by atoms with E-state index >= 15 is 0 Å². The summed E-state index contributed by atoms with van der Waals surface area (Å²) >= 11 is 0. The number of para-hydroxylation sites is 1. The summed E-state index contributed by atoms with van der Waals surface area (Å²) in [5.74, 6) is -1.18. The molecule has 1 heterocycles. The first-order valence-electron chi connectivity index (χ1n) is 9.45. The fraction of sp³-hybridized carbons (Fsp3) is 0.182. The molecule has 0 aliphatic carbocycles. The number of benzene rings is 2. The van der Waals surface area contributed by atoms with Crippen molar-refractivity contribution in [3.05, 3.63) is 77.7 Å². The van der Waals surface area contributed by atoms with E-state index in [-0.39, 0.29) is 23.7 Å². The van der Waals surface area contributed by atoms with Gasteiger partial charge in [0.05, 0.1) is 18.4 Å². The van der Waals surface area contributed by atoms with Gasteiger partial charge in [0.25, 0.3) is 5.91 Å². The van der Waals surface area contributed by atoms with Crippen LogP contribution >= 0.6 is 0 Å². The second-order valence-electron chi connectivity index (χ2n) is 6.60. The third-order valence-corrected chi connectivity index (χ3v) is 4.44. The fourth-order valence-corrected chi connectivity index (χ4v) is 2.93. The van der Waals surface area contributed by atoms with Gasteiger partial charge in [-0.15, -0.1) is 0 Å². The minimum Gasteiger partial charge on any atom is -0.459 e. The number of hydrogen-bond acceptors (Lipinski definition) is 4. The molecule has 162 valence electrons. The normalized spacial score (nSPS) is 11.1. The van der Waals surface area contributed by atoms with Gasteiger partial charge in [0.2, 0.25) is 5.91 Å². The van der Waals surface area contributed by atoms with Gasteiger partial charge in [-0.3, -0.25) is 9.59 Å². The van der Waals surface area contributed by atoms with Crippen molar-refractivity contribution in [2.24, 2.45) is 0 Å². The van der Waals surface area contributed by atoms with E-state index in [4.69, 9.17) is 4.42 Å². The van der Waals surface area contributed by atoms with Gasteiger partial charge >= 0.3 is 6.18 Å². The van der Waals surface area contributed by atoms with Gasteiger partial charge in [0.15, 0.2) is 5.76 Å². The molecule has 3 N–H and O–H groups in total. The zero-order valence-electron chi connectivity index (χ0n) is 16.5. The van der Waals surface area contributed by atoms with Crippen LogP contribution in [0.25, 0.3) is 0 Å². The lowest BCUT2D eigenvalue weighted by atomic mass is 10.1. The lowest BCUT2D eigenvalue weighted by Gasteiger charge is -2.16. The van der Waals surface area contributed by atoms with Gasteiger partial charge in [-0.2, -0.15) is 13.2 Å². The predicted molar refractivity (Wildman–Crippen MR) is 111 cm³/mol. The van der Waals surface area contributed by atoms with Gasteiger partial charge in [0, 0.05) is 17.1 Å². The van der Waals surface area contributed by atoms with E-state index < -0.39 is 23.6 Å². The van der Waals surface area contributed by atoms with Crippen LogP contribution in [0.5, 0.6) is 0 Å². The number of halogens is 3. The summed E-state index contributed by atoms with van der Waals surface area (Å²) in [6, 6.07) is 13.4. The molecule has 3 rings (SSSR count). The molecule has 0 saturated heterocycles. The third kappa shape index (κ3) is 5.65. The number of amides is 2. The van der Waals surface area contributed by atoms with Crippen molar-refractivity contribution in [3.63, 3.8) is 0 Å². The zero-order valence-corrected chi connectivity index (χ0v) is 16.5. The molecule has 0 atom stereocenters. The van der Waals surface area contributed by atoms with Crippen molar-refractivity contribution < 1.29 is 27.2 Å². The summed E-state index contributed by atoms with van der Waals surface area (Å²) in [7, 11) is 0. The maximum absolute atomic E-state index is 13.5. The van der Waals surface area contributed by atoms with E-state index in [0.29, 0.717) is 12.1 Å². The van der Waals surface area contributed by atoms with Crippen molar-refractivity contribution in [2.75, 3.05) is 22.5 Å². The highest BCUT2D eigenvalue weighted by Crippen LogP contribution is 2.36. The summed E-state index contributed by atoms with van der Waals surface area (Å²) in [5, 5.41) is 7.57. The van der Waals surface area contributed by atoms with Crippen LogP contribution in [0.4, 0.5) is 30.2 Å². The first kappa shape index (κ1) is 21.9. The number of rotatable bonds is 7. The zero-order chi connectivity index (χ0) is 22.4. The van der Waals surface area contributed by atoms with E-state index in [1.807, 2.05) is 19.1 Å². The standard InChI is InChI=1S/C22H20F3N3O3/c1-2-14-6-3-4-7-17(14)28-20(29)13-26-18-10-9-15(12-16(18)22(23,24)25)27-21(30)19-8-5-11-31-19/h3-12,26H,2,13H2,1H3,(H,27,30)(H,28,29). The Bertz CT molecular complexity index is 1060. The second kappa shape index (κ2) is 9.38. The molecule has 6 nitrogen and oxygen atoms in total. The van der Waals surface area contributed by atoms with Crippen LogP contribution in [0.2, 0.25) is 0 Å². The quantitative estimate of drug-likeness (QED) is 0.482. The molecular weight excluding hydrogens is 411 g/mol. The average Bonchev–Trinajstić information content (AvgIpc) is 3.27. The highest BCUT2D eigenvalue weighted by Gasteiger charge is 2.34. The van der Waals surface area contributed by atoms with E-state index in [1.54, 1.807) is 12.1 Å². The van der Waals surface area contributed by atoms with Gasteiger partial charge in [-0.25, -0.2) is 0 Å². The summed E-state index contributed by atoms with van der Waals surface area (Å²) in [5.41, 5.74) is 0.196. The number of anilines is 3. The number of carbonyl (C=O) groups excluding carboxylic acids is 2. The number of nitrogens with one attached hydrogen (secondary N) is 3. The van der Waals surface area contributed by atoms with Crippen LogP contribution in [0.1, 0.15) is 28.6 Å². The van der Waals surface area contributed by atoms with Crippen LogP contribution in [0.15, 0.2) is 65.3 Å². The highest BCUT2D eigenvalue weighted by atomic mass is 19.4.